The summed E-state index contributed by atoms with van der Waals surface area (Å²) >= 11 is 0. The molecule has 1 unspecified atom stereocenters. The Bertz CT molecular complexity index is 870. The van der Waals surface area contributed by atoms with Gasteiger partial charge in [0.15, 0.2) is 0 Å². The van der Waals surface area contributed by atoms with Gasteiger partial charge < -0.3 is 4.74 Å². The first-order valence-corrected chi connectivity index (χ1v) is 8.48. The molecule has 4 rings (SSSR count). The van der Waals surface area contributed by atoms with Crippen molar-refractivity contribution >= 4 is 21.7 Å². The van der Waals surface area contributed by atoms with Gasteiger partial charge in [-0.3, -0.25) is 0 Å². The Morgan fingerprint density at radius 2 is 1.83 bits per heavy atom. The summed E-state index contributed by atoms with van der Waals surface area (Å²) in [5.41, 5.74) is 3.66. The molecule has 1 saturated heterocycles. The Morgan fingerprint density at radius 3 is 2.57 bits per heavy atom. The first kappa shape index (κ1) is 14.6. The Kier molecular flexibility index (Phi) is 3.38. The van der Waals surface area contributed by atoms with Crippen LogP contribution in [0.4, 0.5) is 0 Å². The maximum atomic E-state index is 5.96. The largest absolute Gasteiger partial charge is 0.372 e. The smallest absolute Gasteiger partial charge is 0.100 e. The third-order valence-electron chi connectivity index (χ3n) is 4.83. The molecule has 1 aromatic heterocycles. The summed E-state index contributed by atoms with van der Waals surface area (Å²) in [6, 6.07) is 15.3. The van der Waals surface area contributed by atoms with Crippen LogP contribution >= 0.6 is 0 Å². The maximum absolute atomic E-state index is 5.96. The van der Waals surface area contributed by atoms with Crippen molar-refractivity contribution < 1.29 is 4.74 Å². The van der Waals surface area contributed by atoms with Crippen molar-refractivity contribution in [1.29, 1.82) is 0 Å². The van der Waals surface area contributed by atoms with Crippen molar-refractivity contribution in [1.82, 2.24) is 4.98 Å². The summed E-state index contributed by atoms with van der Waals surface area (Å²) in [6.45, 7) is 7.62. The fraction of sp³-hybridized carbons (Fsp3) is 0.381. The lowest BCUT2D eigenvalue weighted by molar-refractivity contribution is 0.110. The van der Waals surface area contributed by atoms with Crippen LogP contribution in [0.25, 0.3) is 21.7 Å². The number of pyridine rings is 1. The Balaban J connectivity index is 2.06. The lowest BCUT2D eigenvalue weighted by atomic mass is 9.85. The van der Waals surface area contributed by atoms with Gasteiger partial charge in [-0.1, -0.05) is 51.1 Å². The topological polar surface area (TPSA) is 22.1 Å². The van der Waals surface area contributed by atoms with Gasteiger partial charge in [0.1, 0.15) is 6.10 Å². The fourth-order valence-corrected chi connectivity index (χ4v) is 3.49. The van der Waals surface area contributed by atoms with Gasteiger partial charge in [-0.2, -0.15) is 0 Å². The van der Waals surface area contributed by atoms with E-state index in [1.54, 1.807) is 0 Å². The van der Waals surface area contributed by atoms with E-state index in [4.69, 9.17) is 9.72 Å². The summed E-state index contributed by atoms with van der Waals surface area (Å²) in [5.74, 6) is 0. The molecule has 1 aliphatic rings. The number of rotatable bonds is 1. The zero-order chi connectivity index (χ0) is 16.0. The molecule has 3 aromatic rings. The number of nitrogens with zero attached hydrogens (tertiary/aromatic N) is 1. The molecule has 0 spiro atoms. The molecule has 1 atom stereocenters. The molecule has 1 aliphatic heterocycles. The summed E-state index contributed by atoms with van der Waals surface area (Å²) in [4.78, 5) is 4.98. The molecule has 1 fully saturated rings. The normalized spacial score (nSPS) is 18.8. The van der Waals surface area contributed by atoms with Gasteiger partial charge in [0.2, 0.25) is 0 Å². The molecule has 118 valence electrons. The summed E-state index contributed by atoms with van der Waals surface area (Å²) < 4.78 is 5.96. The van der Waals surface area contributed by atoms with Crippen LogP contribution in [0.5, 0.6) is 0 Å². The molecular weight excluding hydrogens is 282 g/mol. The molecule has 23 heavy (non-hydrogen) atoms. The van der Waals surface area contributed by atoms with Gasteiger partial charge >= 0.3 is 0 Å². The predicted octanol–water partition coefficient (Wildman–Crippen LogP) is 5.54. The average Bonchev–Trinajstić information content (AvgIpc) is 3.07. The van der Waals surface area contributed by atoms with E-state index in [1.165, 1.54) is 21.7 Å². The zero-order valence-corrected chi connectivity index (χ0v) is 14.1. The minimum absolute atomic E-state index is 0.133. The van der Waals surface area contributed by atoms with Crippen LogP contribution < -0.4 is 0 Å². The van der Waals surface area contributed by atoms with E-state index in [0.717, 1.165) is 30.7 Å². The third-order valence-corrected chi connectivity index (χ3v) is 4.83. The van der Waals surface area contributed by atoms with Gasteiger partial charge in [-0.25, -0.2) is 4.98 Å². The Morgan fingerprint density at radius 1 is 1.00 bits per heavy atom. The number of para-hydroxylation sites is 1. The van der Waals surface area contributed by atoms with E-state index in [9.17, 15) is 0 Å². The Labute approximate surface area is 137 Å². The molecule has 2 heterocycles. The van der Waals surface area contributed by atoms with Crippen LogP contribution in [0.1, 0.15) is 51.0 Å². The van der Waals surface area contributed by atoms with Gasteiger partial charge in [-0.05, 0) is 41.3 Å². The lowest BCUT2D eigenvalue weighted by Crippen LogP contribution is -2.11. The van der Waals surface area contributed by atoms with E-state index in [0.29, 0.717) is 0 Å². The van der Waals surface area contributed by atoms with E-state index >= 15 is 0 Å². The van der Waals surface area contributed by atoms with Crippen molar-refractivity contribution in [2.24, 2.45) is 0 Å². The number of hydrogen-bond donors (Lipinski definition) is 0. The highest BCUT2D eigenvalue weighted by Gasteiger charge is 2.23. The molecule has 0 bridgehead atoms. The van der Waals surface area contributed by atoms with E-state index in [1.807, 2.05) is 0 Å². The van der Waals surface area contributed by atoms with Crippen LogP contribution in [-0.2, 0) is 10.2 Å². The minimum Gasteiger partial charge on any atom is -0.372 e. The van der Waals surface area contributed by atoms with Crippen molar-refractivity contribution in [3.05, 3.63) is 53.7 Å². The number of ether oxygens (including phenoxy) is 1. The zero-order valence-electron chi connectivity index (χ0n) is 14.1. The van der Waals surface area contributed by atoms with Gasteiger partial charge in [0.25, 0.3) is 0 Å². The first-order valence-electron chi connectivity index (χ1n) is 8.48. The van der Waals surface area contributed by atoms with Crippen LogP contribution in [0, 0.1) is 0 Å². The molecular formula is C21H23NO. The average molecular weight is 305 g/mol. The predicted molar refractivity (Wildman–Crippen MR) is 95.9 cm³/mol. The summed E-state index contributed by atoms with van der Waals surface area (Å²) in [6.07, 6.45) is 2.33. The number of fused-ring (bicyclic) bond motifs is 3. The third kappa shape index (κ3) is 2.51. The monoisotopic (exact) mass is 305 g/mol. The van der Waals surface area contributed by atoms with E-state index < -0.39 is 0 Å². The summed E-state index contributed by atoms with van der Waals surface area (Å²) in [5, 5.41) is 3.77. The van der Waals surface area contributed by atoms with Gasteiger partial charge in [-0.15, -0.1) is 0 Å². The maximum Gasteiger partial charge on any atom is 0.100 e. The van der Waals surface area contributed by atoms with E-state index in [2.05, 4.69) is 63.2 Å². The quantitative estimate of drug-likeness (QED) is 0.551. The van der Waals surface area contributed by atoms with Crippen LogP contribution in [-0.4, -0.2) is 11.6 Å². The standard InChI is InChI=1S/C21H23NO/c1-21(2,3)14-10-11-15-16-7-4-5-8-18(16)22-20(17(15)13-14)19-9-6-12-23-19/h4-5,7-8,10-11,13,19H,6,9,12H2,1-3H3. The number of aromatic nitrogens is 1. The second-order valence-electron chi connectivity index (χ2n) is 7.53. The molecule has 0 saturated carbocycles. The van der Waals surface area contributed by atoms with E-state index in [-0.39, 0.29) is 11.5 Å². The van der Waals surface area contributed by atoms with Crippen LogP contribution in [0.2, 0.25) is 0 Å². The Hall–Kier alpha value is -1.93. The molecule has 2 aromatic carbocycles. The lowest BCUT2D eigenvalue weighted by Gasteiger charge is -2.21. The van der Waals surface area contributed by atoms with Gasteiger partial charge in [0.05, 0.1) is 11.2 Å². The second-order valence-corrected chi connectivity index (χ2v) is 7.53. The SMILES string of the molecule is CC(C)(C)c1ccc2c(c1)c(C1CCCO1)nc1ccccc12. The highest BCUT2D eigenvalue weighted by molar-refractivity contribution is 6.07. The van der Waals surface area contributed by atoms with Gasteiger partial charge in [0, 0.05) is 17.4 Å². The minimum atomic E-state index is 0.133. The highest BCUT2D eigenvalue weighted by atomic mass is 16.5. The molecule has 0 amide bonds. The first-order chi connectivity index (χ1) is 11.0. The van der Waals surface area contributed by atoms with Crippen molar-refractivity contribution in [3.63, 3.8) is 0 Å². The van der Waals surface area contributed by atoms with Crippen molar-refractivity contribution in [2.45, 2.75) is 45.1 Å². The van der Waals surface area contributed by atoms with Crippen molar-refractivity contribution in [2.75, 3.05) is 6.61 Å². The molecule has 2 heteroatoms. The molecule has 2 nitrogen and oxygen atoms in total. The molecule has 0 N–H and O–H groups in total. The second kappa shape index (κ2) is 5.31. The van der Waals surface area contributed by atoms with Crippen molar-refractivity contribution in [3.8, 4) is 0 Å². The molecule has 0 aliphatic carbocycles. The van der Waals surface area contributed by atoms with Crippen LogP contribution in [0.15, 0.2) is 42.5 Å². The fourth-order valence-electron chi connectivity index (χ4n) is 3.49. The summed E-state index contributed by atoms with van der Waals surface area (Å²) in [7, 11) is 0. The number of benzene rings is 2. The molecule has 0 radical (unpaired) electrons. The van der Waals surface area contributed by atoms with Crippen LogP contribution in [0.3, 0.4) is 0 Å². The number of hydrogen-bond acceptors (Lipinski definition) is 2. The highest BCUT2D eigenvalue weighted by Crippen LogP contribution is 2.37.